The van der Waals surface area contributed by atoms with Crippen molar-refractivity contribution >= 4 is 11.7 Å². The van der Waals surface area contributed by atoms with Gasteiger partial charge in [-0.25, -0.2) is 4.68 Å². The molecule has 0 spiro atoms. The predicted octanol–water partition coefficient (Wildman–Crippen LogP) is 3.25. The van der Waals surface area contributed by atoms with Crippen molar-refractivity contribution < 1.29 is 9.53 Å². The highest BCUT2D eigenvalue weighted by atomic mass is 16.5. The minimum Gasteiger partial charge on any atom is -0.480 e. The number of fused-ring (bicyclic) bond motifs is 1. The average Bonchev–Trinajstić information content (AvgIpc) is 2.92. The second kappa shape index (κ2) is 5.72. The topological polar surface area (TPSA) is 56.2 Å². The summed E-state index contributed by atoms with van der Waals surface area (Å²) in [4.78, 5) is 12.5. The van der Waals surface area contributed by atoms with Gasteiger partial charge in [-0.3, -0.25) is 4.79 Å². The summed E-state index contributed by atoms with van der Waals surface area (Å²) in [6.07, 6.45) is 6.40. The average molecular weight is 311 g/mol. The van der Waals surface area contributed by atoms with Crippen LogP contribution in [-0.2, 0) is 11.2 Å². The fourth-order valence-corrected chi connectivity index (χ4v) is 3.24. The lowest BCUT2D eigenvalue weighted by Crippen LogP contribution is -2.36. The first-order valence-corrected chi connectivity index (χ1v) is 8.31. The van der Waals surface area contributed by atoms with Crippen molar-refractivity contribution in [2.45, 2.75) is 51.2 Å². The Morgan fingerprint density at radius 2 is 2.17 bits per heavy atom. The van der Waals surface area contributed by atoms with Crippen molar-refractivity contribution in [3.8, 4) is 5.75 Å². The first-order chi connectivity index (χ1) is 11.2. The number of benzene rings is 1. The number of anilines is 1. The molecule has 23 heavy (non-hydrogen) atoms. The molecule has 1 N–H and O–H groups in total. The van der Waals surface area contributed by atoms with Crippen molar-refractivity contribution in [2.75, 3.05) is 5.32 Å². The molecule has 0 unspecified atom stereocenters. The largest absolute Gasteiger partial charge is 0.480 e. The van der Waals surface area contributed by atoms with Crippen LogP contribution in [-0.4, -0.2) is 21.8 Å². The van der Waals surface area contributed by atoms with Gasteiger partial charge in [-0.1, -0.05) is 17.7 Å². The van der Waals surface area contributed by atoms with E-state index in [4.69, 9.17) is 4.74 Å². The maximum absolute atomic E-state index is 12.5. The molecule has 1 aromatic heterocycles. The van der Waals surface area contributed by atoms with E-state index in [1.54, 1.807) is 6.20 Å². The molecule has 1 aliphatic heterocycles. The second-order valence-electron chi connectivity index (χ2n) is 6.49. The zero-order valence-electron chi connectivity index (χ0n) is 13.3. The van der Waals surface area contributed by atoms with E-state index in [0.29, 0.717) is 12.5 Å². The normalized spacial score (nSPS) is 20.3. The number of hydrogen-bond acceptors (Lipinski definition) is 3. The molecule has 1 fully saturated rings. The van der Waals surface area contributed by atoms with Gasteiger partial charge >= 0.3 is 0 Å². The number of nitrogens with zero attached hydrogens (tertiary/aromatic N) is 2. The van der Waals surface area contributed by atoms with E-state index in [9.17, 15) is 4.79 Å². The van der Waals surface area contributed by atoms with Gasteiger partial charge in [0.15, 0.2) is 6.10 Å². The first kappa shape index (κ1) is 14.3. The summed E-state index contributed by atoms with van der Waals surface area (Å²) in [6, 6.07) is 8.40. The van der Waals surface area contributed by atoms with Crippen LogP contribution in [0.5, 0.6) is 5.75 Å². The lowest BCUT2D eigenvalue weighted by atomic mass is 9.93. The van der Waals surface area contributed by atoms with Crippen LogP contribution < -0.4 is 10.1 Å². The van der Waals surface area contributed by atoms with E-state index < -0.39 is 6.10 Å². The van der Waals surface area contributed by atoms with E-state index in [0.717, 1.165) is 30.8 Å². The highest BCUT2D eigenvalue weighted by Gasteiger charge is 2.28. The minimum absolute atomic E-state index is 0.0858. The molecule has 5 nitrogen and oxygen atoms in total. The van der Waals surface area contributed by atoms with Gasteiger partial charge in [-0.05, 0) is 50.7 Å². The molecule has 1 atom stereocenters. The quantitative estimate of drug-likeness (QED) is 0.946. The van der Waals surface area contributed by atoms with Gasteiger partial charge in [0.1, 0.15) is 11.6 Å². The summed E-state index contributed by atoms with van der Waals surface area (Å²) in [5, 5.41) is 7.33. The van der Waals surface area contributed by atoms with E-state index in [1.807, 2.05) is 22.9 Å². The second-order valence-corrected chi connectivity index (χ2v) is 6.49. The van der Waals surface area contributed by atoms with Crippen molar-refractivity contribution in [1.29, 1.82) is 0 Å². The summed E-state index contributed by atoms with van der Waals surface area (Å²) < 4.78 is 7.83. The lowest BCUT2D eigenvalue weighted by Gasteiger charge is -2.28. The Hall–Kier alpha value is -2.30. The molecular weight excluding hydrogens is 290 g/mol. The number of ether oxygens (including phenoxy) is 1. The Morgan fingerprint density at radius 1 is 1.30 bits per heavy atom. The molecule has 2 aliphatic rings. The number of nitrogens with one attached hydrogen (secondary N) is 1. The molecule has 2 aromatic rings. The molecule has 5 heteroatoms. The zero-order chi connectivity index (χ0) is 15.8. The summed E-state index contributed by atoms with van der Waals surface area (Å²) in [6.45, 7) is 2.07. The fraction of sp³-hybridized carbons (Fsp3) is 0.444. The van der Waals surface area contributed by atoms with Crippen LogP contribution in [0.25, 0.3) is 0 Å². The lowest BCUT2D eigenvalue weighted by molar-refractivity contribution is -0.123. The number of amides is 1. The number of carbonyl (C=O) groups is 1. The Labute approximate surface area is 135 Å². The third kappa shape index (κ3) is 2.71. The smallest absolute Gasteiger partial charge is 0.266 e. The van der Waals surface area contributed by atoms with Crippen molar-refractivity contribution in [3.05, 3.63) is 41.6 Å². The van der Waals surface area contributed by atoms with Gasteiger partial charge in [-0.2, -0.15) is 5.10 Å². The van der Waals surface area contributed by atoms with Crippen LogP contribution in [0, 0.1) is 6.92 Å². The molecule has 0 radical (unpaired) electrons. The predicted molar refractivity (Wildman–Crippen MR) is 87.7 cm³/mol. The third-order valence-electron chi connectivity index (χ3n) is 4.80. The molecule has 2 heterocycles. The summed E-state index contributed by atoms with van der Waals surface area (Å²) in [5.74, 6) is 1.52. The van der Waals surface area contributed by atoms with E-state index >= 15 is 0 Å². The molecule has 1 saturated carbocycles. The number of rotatable bonds is 3. The molecule has 1 amide bonds. The fourth-order valence-electron chi connectivity index (χ4n) is 3.24. The molecule has 0 bridgehead atoms. The summed E-state index contributed by atoms with van der Waals surface area (Å²) >= 11 is 0. The van der Waals surface area contributed by atoms with E-state index in [-0.39, 0.29) is 5.91 Å². The van der Waals surface area contributed by atoms with Crippen LogP contribution in [0.2, 0.25) is 0 Å². The monoisotopic (exact) mass is 311 g/mol. The third-order valence-corrected chi connectivity index (χ3v) is 4.80. The van der Waals surface area contributed by atoms with Crippen LogP contribution in [0.4, 0.5) is 5.82 Å². The van der Waals surface area contributed by atoms with Crippen molar-refractivity contribution in [1.82, 2.24) is 9.78 Å². The van der Waals surface area contributed by atoms with Gasteiger partial charge in [0, 0.05) is 6.07 Å². The number of hydrogen-bond donors (Lipinski definition) is 1. The van der Waals surface area contributed by atoms with E-state index in [2.05, 4.69) is 23.4 Å². The van der Waals surface area contributed by atoms with Gasteiger partial charge in [0.25, 0.3) is 5.91 Å². The SMILES string of the molecule is Cc1ccc2c(c1)CC[C@@H](C(=O)Nc1ccnn1C1CCC1)O2. The van der Waals surface area contributed by atoms with E-state index in [1.165, 1.54) is 17.5 Å². The summed E-state index contributed by atoms with van der Waals surface area (Å²) in [7, 11) is 0. The highest BCUT2D eigenvalue weighted by molar-refractivity contribution is 5.93. The Balaban J connectivity index is 1.46. The molecule has 1 aromatic carbocycles. The Bertz CT molecular complexity index is 734. The number of carbonyl (C=O) groups excluding carboxylic acids is 1. The van der Waals surface area contributed by atoms with Gasteiger partial charge in [0.2, 0.25) is 0 Å². The first-order valence-electron chi connectivity index (χ1n) is 8.31. The highest BCUT2D eigenvalue weighted by Crippen LogP contribution is 2.33. The van der Waals surface area contributed by atoms with Crippen molar-refractivity contribution in [3.63, 3.8) is 0 Å². The van der Waals surface area contributed by atoms with Crippen molar-refractivity contribution in [2.24, 2.45) is 0 Å². The Morgan fingerprint density at radius 3 is 2.96 bits per heavy atom. The number of aromatic nitrogens is 2. The maximum atomic E-state index is 12.5. The maximum Gasteiger partial charge on any atom is 0.266 e. The minimum atomic E-state index is -0.435. The van der Waals surface area contributed by atoms with Crippen LogP contribution in [0.1, 0.15) is 42.9 Å². The van der Waals surface area contributed by atoms with Gasteiger partial charge in [0.05, 0.1) is 12.2 Å². The van der Waals surface area contributed by atoms with Gasteiger partial charge in [-0.15, -0.1) is 0 Å². The molecule has 0 saturated heterocycles. The molecule has 4 rings (SSSR count). The molecule has 120 valence electrons. The molecule has 1 aliphatic carbocycles. The Kier molecular flexibility index (Phi) is 3.56. The summed E-state index contributed by atoms with van der Waals surface area (Å²) in [5.41, 5.74) is 2.41. The number of aryl methyl sites for hydroxylation is 2. The molecular formula is C18H21N3O2. The van der Waals surface area contributed by atoms with Crippen LogP contribution >= 0.6 is 0 Å². The van der Waals surface area contributed by atoms with Crippen LogP contribution in [0.3, 0.4) is 0 Å². The van der Waals surface area contributed by atoms with Gasteiger partial charge < -0.3 is 10.1 Å². The van der Waals surface area contributed by atoms with Crippen LogP contribution in [0.15, 0.2) is 30.5 Å². The zero-order valence-corrected chi connectivity index (χ0v) is 13.3. The standard InChI is InChI=1S/C18H21N3O2/c1-12-5-7-15-13(11-12)6-8-16(23-15)18(22)20-17-9-10-19-21(17)14-3-2-4-14/h5,7,9-11,14,16H,2-4,6,8H2,1H3,(H,20,22)/t16-/m0/s1.